The van der Waals surface area contributed by atoms with Gasteiger partial charge < -0.3 is 9.64 Å². The Morgan fingerprint density at radius 3 is 2.65 bits per heavy atom. The second kappa shape index (κ2) is 4.62. The largest absolute Gasteiger partial charge is 0.494 e. The van der Waals surface area contributed by atoms with Crippen LogP contribution in [0, 0.1) is 6.92 Å². The number of fused-ring (bicyclic) bond motifs is 1. The fourth-order valence-corrected chi connectivity index (χ4v) is 1.94. The van der Waals surface area contributed by atoms with E-state index in [1.807, 2.05) is 40.1 Å². The molecule has 0 radical (unpaired) electrons. The maximum atomic E-state index is 5.53. The van der Waals surface area contributed by atoms with E-state index in [-0.39, 0.29) is 0 Å². The Hall–Kier alpha value is -1.77. The van der Waals surface area contributed by atoms with Gasteiger partial charge in [0, 0.05) is 30.9 Å². The molecule has 17 heavy (non-hydrogen) atoms. The second-order valence-corrected chi connectivity index (χ2v) is 4.29. The first-order valence-corrected chi connectivity index (χ1v) is 5.83. The van der Waals surface area contributed by atoms with Crippen LogP contribution in [0.4, 0.5) is 5.69 Å². The standard InChI is InChI=1S/C14H18N2O/c1-5-17-11-6-7-13-12(9-11)14(16(3)4)8-10(2)15-13/h6-9H,5H2,1-4H3. The fourth-order valence-electron chi connectivity index (χ4n) is 1.94. The number of anilines is 1. The molecule has 2 rings (SSSR count). The average molecular weight is 230 g/mol. The lowest BCUT2D eigenvalue weighted by Crippen LogP contribution is -2.10. The monoisotopic (exact) mass is 230 g/mol. The number of benzene rings is 1. The van der Waals surface area contributed by atoms with E-state index in [0.717, 1.165) is 22.3 Å². The van der Waals surface area contributed by atoms with Crippen molar-refractivity contribution in [2.24, 2.45) is 0 Å². The third kappa shape index (κ3) is 2.33. The first-order chi connectivity index (χ1) is 8.11. The van der Waals surface area contributed by atoms with Gasteiger partial charge in [-0.3, -0.25) is 4.98 Å². The number of hydrogen-bond acceptors (Lipinski definition) is 3. The molecule has 0 aliphatic rings. The van der Waals surface area contributed by atoms with Crippen molar-refractivity contribution in [3.8, 4) is 5.75 Å². The summed E-state index contributed by atoms with van der Waals surface area (Å²) in [5.74, 6) is 0.897. The lowest BCUT2D eigenvalue weighted by atomic mass is 10.1. The first-order valence-electron chi connectivity index (χ1n) is 5.83. The van der Waals surface area contributed by atoms with Crippen LogP contribution in [0.15, 0.2) is 24.3 Å². The molecule has 90 valence electrons. The number of aromatic nitrogens is 1. The van der Waals surface area contributed by atoms with Crippen molar-refractivity contribution in [2.75, 3.05) is 25.6 Å². The third-order valence-corrected chi connectivity index (χ3v) is 2.68. The zero-order chi connectivity index (χ0) is 12.4. The Labute approximate surface area is 102 Å². The summed E-state index contributed by atoms with van der Waals surface area (Å²) in [7, 11) is 4.09. The summed E-state index contributed by atoms with van der Waals surface area (Å²) >= 11 is 0. The van der Waals surface area contributed by atoms with Gasteiger partial charge in [-0.2, -0.15) is 0 Å². The molecule has 1 aromatic heterocycles. The van der Waals surface area contributed by atoms with E-state index in [1.165, 1.54) is 5.69 Å². The number of hydrogen-bond donors (Lipinski definition) is 0. The minimum absolute atomic E-state index is 0.683. The van der Waals surface area contributed by atoms with Crippen LogP contribution in [-0.2, 0) is 0 Å². The van der Waals surface area contributed by atoms with Crippen molar-refractivity contribution in [3.05, 3.63) is 30.0 Å². The van der Waals surface area contributed by atoms with Crippen molar-refractivity contribution in [2.45, 2.75) is 13.8 Å². The molecule has 0 spiro atoms. The van der Waals surface area contributed by atoms with Crippen LogP contribution in [0.3, 0.4) is 0 Å². The van der Waals surface area contributed by atoms with Gasteiger partial charge in [-0.25, -0.2) is 0 Å². The van der Waals surface area contributed by atoms with Crippen molar-refractivity contribution in [1.82, 2.24) is 4.98 Å². The molecule has 2 aromatic rings. The van der Waals surface area contributed by atoms with Crippen LogP contribution in [0.25, 0.3) is 10.9 Å². The Morgan fingerprint density at radius 1 is 1.24 bits per heavy atom. The topological polar surface area (TPSA) is 25.4 Å². The number of rotatable bonds is 3. The molecule has 0 saturated heterocycles. The summed E-state index contributed by atoms with van der Waals surface area (Å²) in [4.78, 5) is 6.64. The van der Waals surface area contributed by atoms with Crippen LogP contribution >= 0.6 is 0 Å². The van der Waals surface area contributed by atoms with Crippen molar-refractivity contribution < 1.29 is 4.74 Å². The van der Waals surface area contributed by atoms with Crippen LogP contribution in [-0.4, -0.2) is 25.7 Å². The van der Waals surface area contributed by atoms with Crippen LogP contribution in [0.5, 0.6) is 5.75 Å². The SMILES string of the molecule is CCOc1ccc2nc(C)cc(N(C)C)c2c1. The van der Waals surface area contributed by atoms with Gasteiger partial charge in [-0.05, 0) is 38.1 Å². The van der Waals surface area contributed by atoms with Crippen molar-refractivity contribution in [1.29, 1.82) is 0 Å². The van der Waals surface area contributed by atoms with Crippen LogP contribution in [0.1, 0.15) is 12.6 Å². The fraction of sp³-hybridized carbons (Fsp3) is 0.357. The summed E-state index contributed by atoms with van der Waals surface area (Å²) in [5, 5.41) is 1.13. The lowest BCUT2D eigenvalue weighted by Gasteiger charge is -2.16. The van der Waals surface area contributed by atoms with E-state index in [1.54, 1.807) is 0 Å². The Balaban J connectivity index is 2.64. The Bertz CT molecular complexity index is 535. The van der Waals surface area contributed by atoms with Gasteiger partial charge in [0.15, 0.2) is 0 Å². The number of aryl methyl sites for hydroxylation is 1. The summed E-state index contributed by atoms with van der Waals surface area (Å²) < 4.78 is 5.53. The minimum Gasteiger partial charge on any atom is -0.494 e. The van der Waals surface area contributed by atoms with Gasteiger partial charge in [-0.15, -0.1) is 0 Å². The number of pyridine rings is 1. The molecule has 0 fully saturated rings. The summed E-state index contributed by atoms with van der Waals surface area (Å²) in [6, 6.07) is 8.14. The molecule has 1 aromatic carbocycles. The van der Waals surface area contributed by atoms with Crippen molar-refractivity contribution >= 4 is 16.6 Å². The molecular formula is C14H18N2O. The zero-order valence-electron chi connectivity index (χ0n) is 10.8. The predicted octanol–water partition coefficient (Wildman–Crippen LogP) is 3.01. The summed E-state index contributed by atoms with van der Waals surface area (Å²) in [5.41, 5.74) is 3.22. The molecule has 0 unspecified atom stereocenters. The molecule has 3 heteroatoms. The minimum atomic E-state index is 0.683. The van der Waals surface area contributed by atoms with E-state index in [9.17, 15) is 0 Å². The van der Waals surface area contributed by atoms with Gasteiger partial charge in [0.25, 0.3) is 0 Å². The molecule has 0 aliphatic carbocycles. The molecular weight excluding hydrogens is 212 g/mol. The Kier molecular flexibility index (Phi) is 3.18. The smallest absolute Gasteiger partial charge is 0.120 e. The second-order valence-electron chi connectivity index (χ2n) is 4.29. The van der Waals surface area contributed by atoms with E-state index in [4.69, 9.17) is 4.74 Å². The van der Waals surface area contributed by atoms with Crippen molar-refractivity contribution in [3.63, 3.8) is 0 Å². The highest BCUT2D eigenvalue weighted by Gasteiger charge is 2.07. The Morgan fingerprint density at radius 2 is 2.00 bits per heavy atom. The highest BCUT2D eigenvalue weighted by atomic mass is 16.5. The highest BCUT2D eigenvalue weighted by Crippen LogP contribution is 2.28. The normalized spacial score (nSPS) is 10.6. The van der Waals surface area contributed by atoms with Gasteiger partial charge in [0.05, 0.1) is 12.1 Å². The maximum absolute atomic E-state index is 5.53. The molecule has 0 bridgehead atoms. The quantitative estimate of drug-likeness (QED) is 0.810. The molecule has 0 atom stereocenters. The predicted molar refractivity (Wildman–Crippen MR) is 72.0 cm³/mol. The third-order valence-electron chi connectivity index (χ3n) is 2.68. The molecule has 0 saturated carbocycles. The van der Waals surface area contributed by atoms with Gasteiger partial charge >= 0.3 is 0 Å². The summed E-state index contributed by atoms with van der Waals surface area (Å²) in [6.45, 7) is 4.69. The molecule has 0 N–H and O–H groups in total. The maximum Gasteiger partial charge on any atom is 0.120 e. The van der Waals surface area contributed by atoms with Crippen LogP contribution in [0.2, 0.25) is 0 Å². The number of nitrogens with zero attached hydrogens (tertiary/aromatic N) is 2. The van der Waals surface area contributed by atoms with E-state index in [0.29, 0.717) is 6.61 Å². The van der Waals surface area contributed by atoms with Gasteiger partial charge in [0.1, 0.15) is 5.75 Å². The van der Waals surface area contributed by atoms with Gasteiger partial charge in [-0.1, -0.05) is 0 Å². The zero-order valence-corrected chi connectivity index (χ0v) is 10.8. The lowest BCUT2D eigenvalue weighted by molar-refractivity contribution is 0.340. The van der Waals surface area contributed by atoms with Gasteiger partial charge in [0.2, 0.25) is 0 Å². The molecule has 3 nitrogen and oxygen atoms in total. The highest BCUT2D eigenvalue weighted by molar-refractivity contribution is 5.92. The molecule has 1 heterocycles. The summed E-state index contributed by atoms with van der Waals surface area (Å²) in [6.07, 6.45) is 0. The van der Waals surface area contributed by atoms with Crippen LogP contribution < -0.4 is 9.64 Å². The molecule has 0 amide bonds. The number of ether oxygens (including phenoxy) is 1. The van der Waals surface area contributed by atoms with E-state index >= 15 is 0 Å². The average Bonchev–Trinajstić information content (AvgIpc) is 2.28. The first kappa shape index (κ1) is 11.7. The van der Waals surface area contributed by atoms with E-state index < -0.39 is 0 Å². The van der Waals surface area contributed by atoms with E-state index in [2.05, 4.69) is 22.0 Å². The molecule has 0 aliphatic heterocycles.